The summed E-state index contributed by atoms with van der Waals surface area (Å²) in [7, 11) is 0. The lowest BCUT2D eigenvalue weighted by atomic mass is 10.2. The van der Waals surface area contributed by atoms with Gasteiger partial charge in [0, 0.05) is 15.8 Å². The molecule has 2 aromatic rings. The Morgan fingerprint density at radius 1 is 1.14 bits per heavy atom. The number of nitrogens with one attached hydrogen (secondary N) is 1. The van der Waals surface area contributed by atoms with Crippen molar-refractivity contribution in [3.63, 3.8) is 0 Å². The van der Waals surface area contributed by atoms with Gasteiger partial charge < -0.3 is 15.8 Å². The van der Waals surface area contributed by atoms with Gasteiger partial charge in [-0.25, -0.2) is 0 Å². The molecule has 0 aliphatic heterocycles. The summed E-state index contributed by atoms with van der Waals surface area (Å²) < 4.78 is 41.8. The van der Waals surface area contributed by atoms with E-state index in [9.17, 15) is 13.2 Å². The molecule has 2 rings (SSSR count). The van der Waals surface area contributed by atoms with E-state index in [1.807, 2.05) is 6.92 Å². The van der Waals surface area contributed by atoms with Crippen molar-refractivity contribution in [3.8, 4) is 5.75 Å². The molecule has 0 heterocycles. The van der Waals surface area contributed by atoms with E-state index in [2.05, 4.69) is 26.0 Å². The minimum Gasteiger partial charge on any atom is -0.404 e. The molecule has 0 aliphatic rings. The van der Waals surface area contributed by atoms with Crippen LogP contribution in [-0.4, -0.2) is 6.36 Å². The highest BCUT2D eigenvalue weighted by Gasteiger charge is 2.32. The molecule has 112 valence electrons. The van der Waals surface area contributed by atoms with Gasteiger partial charge >= 0.3 is 6.36 Å². The maximum Gasteiger partial charge on any atom is 0.573 e. The van der Waals surface area contributed by atoms with Gasteiger partial charge in [-0.1, -0.05) is 22.0 Å². The molecule has 21 heavy (non-hydrogen) atoms. The molecule has 0 radical (unpaired) electrons. The van der Waals surface area contributed by atoms with Crippen molar-refractivity contribution in [2.45, 2.75) is 13.3 Å². The lowest BCUT2D eigenvalue weighted by molar-refractivity contribution is -0.274. The minimum atomic E-state index is -4.76. The van der Waals surface area contributed by atoms with Gasteiger partial charge in [-0.15, -0.1) is 13.2 Å². The second-order valence-electron chi connectivity index (χ2n) is 4.38. The predicted octanol–water partition coefficient (Wildman–Crippen LogP) is 4.98. The third kappa shape index (κ3) is 4.29. The number of halogens is 4. The van der Waals surface area contributed by atoms with Gasteiger partial charge in [0.05, 0.1) is 5.69 Å². The van der Waals surface area contributed by atoms with Gasteiger partial charge in [0.1, 0.15) is 0 Å². The van der Waals surface area contributed by atoms with Crippen LogP contribution in [0.1, 0.15) is 5.56 Å². The number of ether oxygens (including phenoxy) is 1. The van der Waals surface area contributed by atoms with Crippen LogP contribution in [0.5, 0.6) is 5.75 Å². The van der Waals surface area contributed by atoms with E-state index in [0.717, 1.165) is 5.56 Å². The van der Waals surface area contributed by atoms with Gasteiger partial charge in [0.25, 0.3) is 0 Å². The molecule has 0 saturated heterocycles. The lowest BCUT2D eigenvalue weighted by Crippen LogP contribution is -2.18. The Balaban J connectivity index is 2.32. The first-order valence-electron chi connectivity index (χ1n) is 5.93. The SMILES string of the molecule is Cc1ccc(Nc2ccc(Br)cc2OC(F)(F)F)cc1N. The lowest BCUT2D eigenvalue weighted by Gasteiger charge is -2.15. The number of anilines is 3. The molecule has 0 aliphatic carbocycles. The number of hydrogen-bond acceptors (Lipinski definition) is 3. The molecule has 0 fully saturated rings. The van der Waals surface area contributed by atoms with Crippen molar-refractivity contribution < 1.29 is 17.9 Å². The van der Waals surface area contributed by atoms with E-state index < -0.39 is 6.36 Å². The first-order chi connectivity index (χ1) is 9.74. The van der Waals surface area contributed by atoms with Crippen molar-refractivity contribution in [2.24, 2.45) is 0 Å². The van der Waals surface area contributed by atoms with Gasteiger partial charge in [0.2, 0.25) is 0 Å². The van der Waals surface area contributed by atoms with Crippen molar-refractivity contribution in [1.82, 2.24) is 0 Å². The van der Waals surface area contributed by atoms with Crippen LogP contribution in [0.25, 0.3) is 0 Å². The summed E-state index contributed by atoms with van der Waals surface area (Å²) in [6, 6.07) is 9.50. The maximum absolute atomic E-state index is 12.4. The second-order valence-corrected chi connectivity index (χ2v) is 5.30. The summed E-state index contributed by atoms with van der Waals surface area (Å²) in [5, 5.41) is 2.86. The Labute approximate surface area is 128 Å². The van der Waals surface area contributed by atoms with Crippen LogP contribution >= 0.6 is 15.9 Å². The molecule has 0 bridgehead atoms. The van der Waals surface area contributed by atoms with Crippen LogP contribution in [0.15, 0.2) is 40.9 Å². The largest absolute Gasteiger partial charge is 0.573 e. The zero-order valence-electron chi connectivity index (χ0n) is 11.0. The van der Waals surface area contributed by atoms with Crippen LogP contribution < -0.4 is 15.8 Å². The fraction of sp³-hybridized carbons (Fsp3) is 0.143. The maximum atomic E-state index is 12.4. The Kier molecular flexibility index (Phi) is 4.32. The molecule has 7 heteroatoms. The van der Waals surface area contributed by atoms with Crippen molar-refractivity contribution in [2.75, 3.05) is 11.1 Å². The molecule has 3 nitrogen and oxygen atoms in total. The molecule has 3 N–H and O–H groups in total. The van der Waals surface area contributed by atoms with Crippen LogP contribution in [-0.2, 0) is 0 Å². The summed E-state index contributed by atoms with van der Waals surface area (Å²) in [4.78, 5) is 0. The van der Waals surface area contributed by atoms with Gasteiger partial charge in [-0.2, -0.15) is 0 Å². The topological polar surface area (TPSA) is 47.3 Å². The Morgan fingerprint density at radius 2 is 1.86 bits per heavy atom. The van der Waals surface area contributed by atoms with Crippen LogP contribution in [0.3, 0.4) is 0 Å². The second kappa shape index (κ2) is 5.85. The number of nitrogen functional groups attached to an aromatic ring is 1. The minimum absolute atomic E-state index is 0.193. The fourth-order valence-electron chi connectivity index (χ4n) is 1.68. The number of alkyl halides is 3. The monoisotopic (exact) mass is 360 g/mol. The summed E-state index contributed by atoms with van der Waals surface area (Å²) >= 11 is 3.12. The first-order valence-corrected chi connectivity index (χ1v) is 6.72. The predicted molar refractivity (Wildman–Crippen MR) is 79.7 cm³/mol. The van der Waals surface area contributed by atoms with E-state index in [4.69, 9.17) is 5.73 Å². The molecule has 0 atom stereocenters. The van der Waals surface area contributed by atoms with Gasteiger partial charge in [0.15, 0.2) is 5.75 Å². The Bertz CT molecular complexity index is 659. The molecule has 0 amide bonds. The fourth-order valence-corrected chi connectivity index (χ4v) is 2.02. The van der Waals surface area contributed by atoms with Crippen LogP contribution in [0.2, 0.25) is 0 Å². The highest BCUT2D eigenvalue weighted by molar-refractivity contribution is 9.10. The molecule has 0 saturated carbocycles. The Hall–Kier alpha value is -1.89. The van der Waals surface area contributed by atoms with Crippen molar-refractivity contribution in [3.05, 3.63) is 46.4 Å². The first kappa shape index (κ1) is 15.5. The van der Waals surface area contributed by atoms with Gasteiger partial charge in [-0.3, -0.25) is 0 Å². The number of benzene rings is 2. The molecule has 2 aromatic carbocycles. The summed E-state index contributed by atoms with van der Waals surface area (Å²) in [6.45, 7) is 1.84. The third-order valence-electron chi connectivity index (χ3n) is 2.73. The summed E-state index contributed by atoms with van der Waals surface area (Å²) in [5.41, 5.74) is 7.99. The van der Waals surface area contributed by atoms with Crippen LogP contribution in [0, 0.1) is 6.92 Å². The van der Waals surface area contributed by atoms with E-state index in [1.165, 1.54) is 12.1 Å². The van der Waals surface area contributed by atoms with Crippen molar-refractivity contribution in [1.29, 1.82) is 0 Å². The highest BCUT2D eigenvalue weighted by Crippen LogP contribution is 2.35. The normalized spacial score (nSPS) is 11.3. The highest BCUT2D eigenvalue weighted by atomic mass is 79.9. The number of hydrogen-bond donors (Lipinski definition) is 2. The van der Waals surface area contributed by atoms with E-state index in [-0.39, 0.29) is 11.4 Å². The van der Waals surface area contributed by atoms with Gasteiger partial charge in [-0.05, 0) is 42.8 Å². The molecular weight excluding hydrogens is 349 g/mol. The van der Waals surface area contributed by atoms with E-state index in [0.29, 0.717) is 15.8 Å². The number of rotatable bonds is 3. The van der Waals surface area contributed by atoms with E-state index >= 15 is 0 Å². The quantitative estimate of drug-likeness (QED) is 0.758. The number of nitrogens with two attached hydrogens (primary N) is 1. The summed E-state index contributed by atoms with van der Waals surface area (Å²) in [5.74, 6) is -0.323. The molecule has 0 spiro atoms. The molecular formula is C14H12BrF3N2O. The average Bonchev–Trinajstić information content (AvgIpc) is 2.35. The Morgan fingerprint density at radius 3 is 2.48 bits per heavy atom. The molecule has 0 aromatic heterocycles. The zero-order chi connectivity index (χ0) is 15.6. The number of aryl methyl sites for hydroxylation is 1. The van der Waals surface area contributed by atoms with Crippen molar-refractivity contribution >= 4 is 33.0 Å². The molecule has 0 unspecified atom stereocenters. The average molecular weight is 361 g/mol. The standard InChI is InChI=1S/C14H12BrF3N2O/c1-8-2-4-10(7-11(8)19)20-12-5-3-9(15)6-13(12)21-14(16,17)18/h2-7,20H,19H2,1H3. The van der Waals surface area contributed by atoms with Crippen LogP contribution in [0.4, 0.5) is 30.2 Å². The van der Waals surface area contributed by atoms with E-state index in [1.54, 1.807) is 24.3 Å². The zero-order valence-corrected chi connectivity index (χ0v) is 12.5. The smallest absolute Gasteiger partial charge is 0.404 e. The summed E-state index contributed by atoms with van der Waals surface area (Å²) in [6.07, 6.45) is -4.76. The third-order valence-corrected chi connectivity index (χ3v) is 3.22.